The molecule has 102 valence electrons. The van der Waals surface area contributed by atoms with Crippen molar-refractivity contribution in [1.29, 1.82) is 0 Å². The molecule has 7 heteroatoms. The van der Waals surface area contributed by atoms with E-state index in [-0.39, 0.29) is 37.4 Å². The molecule has 1 aliphatic rings. The van der Waals surface area contributed by atoms with E-state index in [4.69, 9.17) is 0 Å². The maximum Gasteiger partial charge on any atom is 0.286 e. The summed E-state index contributed by atoms with van der Waals surface area (Å²) in [4.78, 5) is 23.2. The predicted octanol–water partition coefficient (Wildman–Crippen LogP) is -0.282. The molecule has 0 radical (unpaired) electrons. The number of amides is 1. The highest BCUT2D eigenvalue weighted by molar-refractivity contribution is 7.89. The third kappa shape index (κ3) is 2.82. The van der Waals surface area contributed by atoms with Gasteiger partial charge >= 0.3 is 0 Å². The van der Waals surface area contributed by atoms with Crippen LogP contribution in [-0.2, 0) is 19.6 Å². The number of rotatable bonds is 3. The summed E-state index contributed by atoms with van der Waals surface area (Å²) in [6, 6.07) is 8.16. The Labute approximate surface area is 111 Å². The highest BCUT2D eigenvalue weighted by Crippen LogP contribution is 2.16. The first-order valence-corrected chi connectivity index (χ1v) is 7.29. The maximum absolute atomic E-state index is 12.3. The summed E-state index contributed by atoms with van der Waals surface area (Å²) in [7, 11) is -3.51. The minimum Gasteiger partial charge on any atom is -0.334 e. The minimum atomic E-state index is -3.51. The molecule has 2 rings (SSSR count). The van der Waals surface area contributed by atoms with Crippen LogP contribution in [0.1, 0.15) is 0 Å². The molecule has 1 amide bonds. The fourth-order valence-corrected chi connectivity index (χ4v) is 3.41. The molecule has 0 aromatic heterocycles. The number of nitrogens with zero attached hydrogens (tertiary/aromatic N) is 2. The molecule has 1 saturated heterocycles. The molecule has 1 aromatic carbocycles. The molecule has 1 fully saturated rings. The van der Waals surface area contributed by atoms with Gasteiger partial charge in [-0.05, 0) is 12.1 Å². The van der Waals surface area contributed by atoms with Gasteiger partial charge in [-0.1, -0.05) is 18.2 Å². The van der Waals surface area contributed by atoms with Gasteiger partial charge in [0.2, 0.25) is 16.3 Å². The van der Waals surface area contributed by atoms with E-state index < -0.39 is 15.9 Å². The molecule has 1 aliphatic heterocycles. The fraction of sp³-hybridized carbons (Fsp3) is 0.333. The lowest BCUT2D eigenvalue weighted by atomic mass is 10.3. The smallest absolute Gasteiger partial charge is 0.286 e. The summed E-state index contributed by atoms with van der Waals surface area (Å²) in [6.45, 7) is 0.890. The first-order valence-electron chi connectivity index (χ1n) is 5.85. The van der Waals surface area contributed by atoms with Crippen molar-refractivity contribution in [3.8, 4) is 0 Å². The molecular weight excluding hydrogens is 268 g/mol. The van der Waals surface area contributed by atoms with Crippen molar-refractivity contribution in [1.82, 2.24) is 9.21 Å². The monoisotopic (exact) mass is 282 g/mol. The molecule has 0 unspecified atom stereocenters. The number of aldehydes is 1. The Bertz CT molecular complexity index is 563. The standard InChI is InChI=1S/C12H14N2O4S/c15-10-12(16)13-6-8-14(9-7-13)19(17,18)11-4-2-1-3-5-11/h1-5,10H,6-9H2. The van der Waals surface area contributed by atoms with Crippen LogP contribution in [0.4, 0.5) is 0 Å². The van der Waals surface area contributed by atoms with Gasteiger partial charge in [0.15, 0.2) is 0 Å². The van der Waals surface area contributed by atoms with Crippen LogP contribution in [0.25, 0.3) is 0 Å². The molecule has 0 N–H and O–H groups in total. The fourth-order valence-electron chi connectivity index (χ4n) is 1.96. The van der Waals surface area contributed by atoms with Gasteiger partial charge in [0.05, 0.1) is 4.90 Å². The van der Waals surface area contributed by atoms with Crippen molar-refractivity contribution in [2.24, 2.45) is 0 Å². The van der Waals surface area contributed by atoms with E-state index in [1.807, 2.05) is 0 Å². The van der Waals surface area contributed by atoms with Gasteiger partial charge in [0.25, 0.3) is 5.91 Å². The lowest BCUT2D eigenvalue weighted by molar-refractivity contribution is -0.139. The van der Waals surface area contributed by atoms with Gasteiger partial charge < -0.3 is 4.90 Å². The number of hydrogen-bond donors (Lipinski definition) is 0. The van der Waals surface area contributed by atoms with Crippen LogP contribution in [0.2, 0.25) is 0 Å². The summed E-state index contributed by atoms with van der Waals surface area (Å²) in [6.07, 6.45) is 0.251. The van der Waals surface area contributed by atoms with Crippen molar-refractivity contribution in [3.05, 3.63) is 30.3 Å². The normalized spacial score (nSPS) is 17.2. The van der Waals surface area contributed by atoms with Crippen LogP contribution >= 0.6 is 0 Å². The Kier molecular flexibility index (Phi) is 3.96. The van der Waals surface area contributed by atoms with Crippen molar-refractivity contribution in [3.63, 3.8) is 0 Å². The lowest BCUT2D eigenvalue weighted by Gasteiger charge is -2.32. The molecule has 0 spiro atoms. The zero-order valence-electron chi connectivity index (χ0n) is 10.2. The molecule has 19 heavy (non-hydrogen) atoms. The maximum atomic E-state index is 12.3. The minimum absolute atomic E-state index is 0.205. The van der Waals surface area contributed by atoms with Crippen molar-refractivity contribution < 1.29 is 18.0 Å². The van der Waals surface area contributed by atoms with Gasteiger partial charge in [-0.2, -0.15) is 4.31 Å². The molecule has 0 saturated carbocycles. The third-order valence-corrected chi connectivity index (χ3v) is 4.94. The van der Waals surface area contributed by atoms with Gasteiger partial charge in [-0.3, -0.25) is 9.59 Å². The second-order valence-electron chi connectivity index (χ2n) is 4.16. The van der Waals surface area contributed by atoms with E-state index in [0.29, 0.717) is 0 Å². The predicted molar refractivity (Wildman–Crippen MR) is 67.8 cm³/mol. The Morgan fingerprint density at radius 1 is 1.05 bits per heavy atom. The second-order valence-corrected chi connectivity index (χ2v) is 6.10. The second kappa shape index (κ2) is 5.50. The van der Waals surface area contributed by atoms with Crippen molar-refractivity contribution in [2.75, 3.05) is 26.2 Å². The summed E-state index contributed by atoms with van der Waals surface area (Å²) in [5.74, 6) is -0.600. The third-order valence-electron chi connectivity index (χ3n) is 3.03. The first kappa shape index (κ1) is 13.7. The molecule has 0 atom stereocenters. The van der Waals surface area contributed by atoms with Crippen LogP contribution in [-0.4, -0.2) is 56.0 Å². The average molecular weight is 282 g/mol. The number of carbonyl (C=O) groups excluding carboxylic acids is 2. The Balaban J connectivity index is 2.09. The van der Waals surface area contributed by atoms with Gasteiger partial charge in [-0.25, -0.2) is 8.42 Å². The number of sulfonamides is 1. The van der Waals surface area contributed by atoms with Crippen LogP contribution in [0.5, 0.6) is 0 Å². The van der Waals surface area contributed by atoms with Crippen LogP contribution in [0.15, 0.2) is 35.2 Å². The topological polar surface area (TPSA) is 74.8 Å². The molecule has 1 aromatic rings. The molecule has 0 aliphatic carbocycles. The van der Waals surface area contributed by atoms with Gasteiger partial charge in [-0.15, -0.1) is 0 Å². The van der Waals surface area contributed by atoms with Crippen molar-refractivity contribution in [2.45, 2.75) is 4.90 Å². The molecule has 6 nitrogen and oxygen atoms in total. The number of piperazine rings is 1. The highest BCUT2D eigenvalue weighted by atomic mass is 32.2. The van der Waals surface area contributed by atoms with Gasteiger partial charge in [0, 0.05) is 26.2 Å². The molecule has 1 heterocycles. The quantitative estimate of drug-likeness (QED) is 0.564. The largest absolute Gasteiger partial charge is 0.334 e. The van der Waals surface area contributed by atoms with E-state index in [0.717, 1.165) is 0 Å². The first-order chi connectivity index (χ1) is 9.05. The van der Waals surface area contributed by atoms with E-state index in [9.17, 15) is 18.0 Å². The number of hydrogen-bond acceptors (Lipinski definition) is 4. The summed E-state index contributed by atoms with van der Waals surface area (Å²) in [5, 5.41) is 0. The van der Waals surface area contributed by atoms with Crippen molar-refractivity contribution >= 4 is 22.2 Å². The highest BCUT2D eigenvalue weighted by Gasteiger charge is 2.29. The van der Waals surface area contributed by atoms with E-state index >= 15 is 0 Å². The van der Waals surface area contributed by atoms with Gasteiger partial charge in [0.1, 0.15) is 0 Å². The Hall–Kier alpha value is -1.73. The van der Waals surface area contributed by atoms with Crippen LogP contribution in [0.3, 0.4) is 0 Å². The SMILES string of the molecule is O=CC(=O)N1CCN(S(=O)(=O)c2ccccc2)CC1. The zero-order valence-corrected chi connectivity index (χ0v) is 11.0. The van der Waals surface area contributed by atoms with Crippen LogP contribution < -0.4 is 0 Å². The van der Waals surface area contributed by atoms with Crippen LogP contribution in [0, 0.1) is 0 Å². The summed E-state index contributed by atoms with van der Waals surface area (Å²) in [5.41, 5.74) is 0. The summed E-state index contributed by atoms with van der Waals surface area (Å²) >= 11 is 0. The number of carbonyl (C=O) groups is 2. The van der Waals surface area contributed by atoms with E-state index in [1.165, 1.54) is 21.3 Å². The zero-order chi connectivity index (χ0) is 13.9. The average Bonchev–Trinajstić information content (AvgIpc) is 2.47. The molecule has 0 bridgehead atoms. The Morgan fingerprint density at radius 3 is 2.16 bits per heavy atom. The summed E-state index contributed by atoms with van der Waals surface area (Å²) < 4.78 is 25.9. The number of benzene rings is 1. The Morgan fingerprint density at radius 2 is 1.63 bits per heavy atom. The lowest BCUT2D eigenvalue weighted by Crippen LogP contribution is -2.50. The molecular formula is C12H14N2O4S. The van der Waals surface area contributed by atoms with E-state index in [1.54, 1.807) is 18.2 Å². The van der Waals surface area contributed by atoms with E-state index in [2.05, 4.69) is 0 Å².